The van der Waals surface area contributed by atoms with Crippen molar-refractivity contribution in [3.05, 3.63) is 0 Å². The Morgan fingerprint density at radius 3 is 2.40 bits per heavy atom. The van der Waals surface area contributed by atoms with Crippen molar-refractivity contribution in [1.29, 1.82) is 0 Å². The maximum atomic E-state index is 11.6. The molecule has 1 fully saturated rings. The van der Waals surface area contributed by atoms with E-state index in [2.05, 4.69) is 0 Å². The van der Waals surface area contributed by atoms with Gasteiger partial charge >= 0.3 is 0 Å². The van der Waals surface area contributed by atoms with Crippen LogP contribution in [0.1, 0.15) is 26.2 Å². The minimum atomic E-state index is -3.23. The molecule has 1 atom stereocenters. The van der Waals surface area contributed by atoms with Crippen LogP contribution >= 0.6 is 0 Å². The van der Waals surface area contributed by atoms with Gasteiger partial charge in [0.05, 0.1) is 0 Å². The molecule has 1 unspecified atom stereocenters. The average Bonchev–Trinajstić information content (AvgIpc) is 2.16. The number of hydrogen-bond donors (Lipinski definition) is 0. The molecule has 0 amide bonds. The number of carbonyl (C=O) groups excluding carboxylic acids is 1. The summed E-state index contributed by atoms with van der Waals surface area (Å²) >= 11 is 0. The fraction of sp³-hybridized carbons (Fsp3) is 0.900. The minimum Gasteiger partial charge on any atom is -0.381 e. The summed E-state index contributed by atoms with van der Waals surface area (Å²) in [7, 11) is -3.23. The molecule has 1 heterocycles. The van der Waals surface area contributed by atoms with E-state index in [4.69, 9.17) is 4.74 Å². The Morgan fingerprint density at radius 2 is 1.93 bits per heavy atom. The van der Waals surface area contributed by atoms with E-state index in [1.165, 1.54) is 6.92 Å². The van der Waals surface area contributed by atoms with Gasteiger partial charge in [-0.15, -0.1) is 0 Å². The van der Waals surface area contributed by atoms with Crippen LogP contribution in [0, 0.1) is 5.92 Å². The number of rotatable bonds is 4. The zero-order valence-corrected chi connectivity index (χ0v) is 10.0. The van der Waals surface area contributed by atoms with Crippen LogP contribution in [-0.2, 0) is 19.4 Å². The lowest BCUT2D eigenvalue weighted by Gasteiger charge is -2.22. The third-order valence-electron chi connectivity index (χ3n) is 2.93. The Hall–Kier alpha value is -0.420. The highest BCUT2D eigenvalue weighted by molar-refractivity contribution is 7.92. The van der Waals surface area contributed by atoms with Gasteiger partial charge in [-0.2, -0.15) is 0 Å². The summed E-state index contributed by atoms with van der Waals surface area (Å²) in [5.74, 6) is 0.139. The summed E-state index contributed by atoms with van der Waals surface area (Å²) in [6.45, 7) is 2.84. The third kappa shape index (κ3) is 3.91. The summed E-state index contributed by atoms with van der Waals surface area (Å²) < 4.78 is 27.5. The first-order valence-corrected chi connectivity index (χ1v) is 7.16. The van der Waals surface area contributed by atoms with Gasteiger partial charge in [0.2, 0.25) is 0 Å². The second-order valence-electron chi connectivity index (χ2n) is 4.20. The molecule has 0 N–H and O–H groups in total. The average molecular weight is 234 g/mol. The van der Waals surface area contributed by atoms with Gasteiger partial charge in [-0.25, -0.2) is 8.42 Å². The summed E-state index contributed by atoms with van der Waals surface area (Å²) in [6, 6.07) is 0. The molecule has 1 saturated heterocycles. The van der Waals surface area contributed by atoms with Gasteiger partial charge in [-0.05, 0) is 25.7 Å². The molecule has 0 aromatic heterocycles. The smallest absolute Gasteiger partial charge is 0.157 e. The first-order chi connectivity index (χ1) is 6.91. The van der Waals surface area contributed by atoms with E-state index in [9.17, 15) is 13.2 Å². The molecule has 5 heteroatoms. The standard InChI is InChI=1S/C10H18O4S/c1-8(15(2,12)13)10(11)7-9-3-5-14-6-4-9/h8-9H,3-7H2,1-2H3. The summed E-state index contributed by atoms with van der Waals surface area (Å²) in [5, 5.41) is -0.861. The SMILES string of the molecule is CC(C(=O)CC1CCOCC1)S(C)(=O)=O. The number of ketones is 1. The molecule has 15 heavy (non-hydrogen) atoms. The number of Topliss-reactive ketones (excluding diaryl/α,β-unsaturated/α-hetero) is 1. The number of hydrogen-bond acceptors (Lipinski definition) is 4. The highest BCUT2D eigenvalue weighted by atomic mass is 32.2. The lowest BCUT2D eigenvalue weighted by molar-refractivity contribution is -0.119. The Kier molecular flexibility index (Phi) is 4.28. The van der Waals surface area contributed by atoms with Crippen molar-refractivity contribution < 1.29 is 17.9 Å². The summed E-state index contributed by atoms with van der Waals surface area (Å²) in [4.78, 5) is 11.6. The quantitative estimate of drug-likeness (QED) is 0.722. The zero-order chi connectivity index (χ0) is 11.5. The van der Waals surface area contributed by atoms with Gasteiger partial charge in [0, 0.05) is 25.9 Å². The van der Waals surface area contributed by atoms with Crippen molar-refractivity contribution in [2.24, 2.45) is 5.92 Å². The topological polar surface area (TPSA) is 60.4 Å². The van der Waals surface area contributed by atoms with Crippen molar-refractivity contribution in [2.45, 2.75) is 31.4 Å². The molecule has 1 rings (SSSR count). The highest BCUT2D eigenvalue weighted by Gasteiger charge is 2.26. The first kappa shape index (κ1) is 12.6. The zero-order valence-electron chi connectivity index (χ0n) is 9.23. The summed E-state index contributed by atoms with van der Waals surface area (Å²) in [5.41, 5.74) is 0. The minimum absolute atomic E-state index is 0.163. The third-order valence-corrected chi connectivity index (χ3v) is 4.47. The van der Waals surface area contributed by atoms with Gasteiger partial charge in [-0.1, -0.05) is 0 Å². The van der Waals surface area contributed by atoms with Gasteiger partial charge < -0.3 is 4.74 Å². The van der Waals surface area contributed by atoms with Crippen molar-refractivity contribution in [2.75, 3.05) is 19.5 Å². The molecule has 4 nitrogen and oxygen atoms in total. The van der Waals surface area contributed by atoms with Gasteiger partial charge in [0.1, 0.15) is 5.25 Å². The van der Waals surface area contributed by atoms with Crippen LogP contribution in [0.5, 0.6) is 0 Å². The molecule has 1 aliphatic rings. The number of carbonyl (C=O) groups is 1. The van der Waals surface area contributed by atoms with E-state index < -0.39 is 15.1 Å². The van der Waals surface area contributed by atoms with Gasteiger partial charge in [0.15, 0.2) is 15.6 Å². The van der Waals surface area contributed by atoms with Crippen LogP contribution < -0.4 is 0 Å². The molecule has 0 aromatic carbocycles. The van der Waals surface area contributed by atoms with Crippen molar-refractivity contribution in [3.63, 3.8) is 0 Å². The van der Waals surface area contributed by atoms with Crippen LogP contribution in [0.15, 0.2) is 0 Å². The second-order valence-corrected chi connectivity index (χ2v) is 6.56. The van der Waals surface area contributed by atoms with E-state index in [0.717, 1.165) is 19.1 Å². The maximum absolute atomic E-state index is 11.6. The largest absolute Gasteiger partial charge is 0.381 e. The second kappa shape index (κ2) is 5.07. The predicted octanol–water partition coefficient (Wildman–Crippen LogP) is 0.805. The van der Waals surface area contributed by atoms with Crippen LogP contribution in [0.2, 0.25) is 0 Å². The lowest BCUT2D eigenvalue weighted by atomic mass is 9.93. The Bertz CT molecular complexity index is 314. The number of ether oxygens (including phenoxy) is 1. The molecule has 88 valence electrons. The van der Waals surface area contributed by atoms with Crippen LogP contribution in [0.25, 0.3) is 0 Å². The normalized spacial score (nSPS) is 21.2. The molecule has 0 spiro atoms. The van der Waals surface area contributed by atoms with Gasteiger partial charge in [-0.3, -0.25) is 4.79 Å². The van der Waals surface area contributed by atoms with E-state index in [1.54, 1.807) is 0 Å². The number of sulfone groups is 1. The van der Waals surface area contributed by atoms with Crippen molar-refractivity contribution >= 4 is 15.6 Å². The first-order valence-electron chi connectivity index (χ1n) is 5.20. The maximum Gasteiger partial charge on any atom is 0.157 e. The molecular formula is C10H18O4S. The van der Waals surface area contributed by atoms with E-state index in [1.807, 2.05) is 0 Å². The Morgan fingerprint density at radius 1 is 1.40 bits per heavy atom. The van der Waals surface area contributed by atoms with Gasteiger partial charge in [0.25, 0.3) is 0 Å². The molecule has 0 radical (unpaired) electrons. The molecule has 0 saturated carbocycles. The van der Waals surface area contributed by atoms with Crippen molar-refractivity contribution in [1.82, 2.24) is 0 Å². The Balaban J connectivity index is 2.47. The highest BCUT2D eigenvalue weighted by Crippen LogP contribution is 2.20. The lowest BCUT2D eigenvalue weighted by Crippen LogP contribution is -2.29. The summed E-state index contributed by atoms with van der Waals surface area (Å²) in [6.07, 6.45) is 3.21. The van der Waals surface area contributed by atoms with Crippen LogP contribution in [0.4, 0.5) is 0 Å². The Labute approximate surface area is 90.9 Å². The fourth-order valence-electron chi connectivity index (χ4n) is 1.64. The van der Waals surface area contributed by atoms with Crippen LogP contribution in [0.3, 0.4) is 0 Å². The monoisotopic (exact) mass is 234 g/mol. The van der Waals surface area contributed by atoms with E-state index >= 15 is 0 Å². The van der Waals surface area contributed by atoms with E-state index in [0.29, 0.717) is 25.6 Å². The van der Waals surface area contributed by atoms with Crippen molar-refractivity contribution in [3.8, 4) is 0 Å². The fourth-order valence-corrected chi connectivity index (χ4v) is 2.21. The molecule has 1 aliphatic heterocycles. The molecule has 0 bridgehead atoms. The molecule has 0 aliphatic carbocycles. The molecular weight excluding hydrogens is 216 g/mol. The predicted molar refractivity (Wildman–Crippen MR) is 57.5 cm³/mol. The van der Waals surface area contributed by atoms with E-state index in [-0.39, 0.29) is 5.78 Å². The van der Waals surface area contributed by atoms with Crippen LogP contribution in [-0.4, -0.2) is 38.9 Å². The molecule has 0 aromatic rings.